The second-order valence-electron chi connectivity index (χ2n) is 3.23. The number of ether oxygens (including phenoxy) is 2. The van der Waals surface area contributed by atoms with Crippen molar-refractivity contribution in [2.45, 2.75) is 19.6 Å². The minimum Gasteiger partial charge on any atom is -0.345 e. The van der Waals surface area contributed by atoms with Gasteiger partial charge in [-0.1, -0.05) is 50.1 Å². The molecule has 0 amide bonds. The summed E-state index contributed by atoms with van der Waals surface area (Å²) in [6, 6.07) is 7.96. The van der Waals surface area contributed by atoms with Crippen molar-refractivity contribution >= 4 is 31.9 Å². The van der Waals surface area contributed by atoms with Gasteiger partial charge in [-0.15, -0.1) is 0 Å². The number of hydrogen-bond acceptors (Lipinski definition) is 2. The highest BCUT2D eigenvalue weighted by molar-refractivity contribution is 9.10. The monoisotopic (exact) mass is 350 g/mol. The third-order valence-electron chi connectivity index (χ3n) is 2.22. The molecule has 0 atom stereocenters. The largest absolute Gasteiger partial charge is 0.345 e. The highest BCUT2D eigenvalue weighted by atomic mass is 79.9. The number of alkyl halides is 1. The fourth-order valence-electron chi connectivity index (χ4n) is 1.58. The van der Waals surface area contributed by atoms with Crippen molar-refractivity contribution < 1.29 is 9.47 Å². The van der Waals surface area contributed by atoms with Gasteiger partial charge in [0.25, 0.3) is 0 Å². The SMILES string of the molecule is CCOC(CBr)(OCC)c1ccccc1Br. The van der Waals surface area contributed by atoms with Gasteiger partial charge in [-0.2, -0.15) is 0 Å². The van der Waals surface area contributed by atoms with E-state index in [1.54, 1.807) is 0 Å². The molecule has 4 heteroatoms. The predicted octanol–water partition coefficient (Wildman–Crippen LogP) is 4.07. The zero-order valence-electron chi connectivity index (χ0n) is 9.50. The maximum atomic E-state index is 5.79. The van der Waals surface area contributed by atoms with Gasteiger partial charge in [-0.3, -0.25) is 0 Å². The summed E-state index contributed by atoms with van der Waals surface area (Å²) >= 11 is 7.01. The van der Waals surface area contributed by atoms with E-state index in [2.05, 4.69) is 31.9 Å². The van der Waals surface area contributed by atoms with Crippen molar-refractivity contribution in [2.24, 2.45) is 0 Å². The molecule has 0 unspecified atom stereocenters. The van der Waals surface area contributed by atoms with E-state index in [1.807, 2.05) is 38.1 Å². The Morgan fingerprint density at radius 3 is 2.12 bits per heavy atom. The van der Waals surface area contributed by atoms with Crippen LogP contribution in [0.5, 0.6) is 0 Å². The Kier molecular flexibility index (Phi) is 5.97. The topological polar surface area (TPSA) is 18.5 Å². The van der Waals surface area contributed by atoms with Crippen LogP contribution in [-0.2, 0) is 15.3 Å². The highest BCUT2D eigenvalue weighted by Crippen LogP contribution is 2.34. The molecular weight excluding hydrogens is 336 g/mol. The molecule has 0 saturated carbocycles. The lowest BCUT2D eigenvalue weighted by atomic mass is 10.1. The molecule has 0 heterocycles. The summed E-state index contributed by atoms with van der Waals surface area (Å²) < 4.78 is 12.6. The molecule has 0 spiro atoms. The molecule has 16 heavy (non-hydrogen) atoms. The van der Waals surface area contributed by atoms with Gasteiger partial charge in [0.15, 0.2) is 0 Å². The molecule has 0 fully saturated rings. The smallest absolute Gasteiger partial charge is 0.205 e. The quantitative estimate of drug-likeness (QED) is 0.568. The van der Waals surface area contributed by atoms with Crippen LogP contribution in [0.1, 0.15) is 19.4 Å². The molecule has 0 radical (unpaired) electrons. The molecule has 0 aliphatic rings. The van der Waals surface area contributed by atoms with Gasteiger partial charge in [0.2, 0.25) is 5.79 Å². The van der Waals surface area contributed by atoms with Gasteiger partial charge in [-0.05, 0) is 19.9 Å². The number of halogens is 2. The third kappa shape index (κ3) is 3.06. The first kappa shape index (κ1) is 14.2. The Balaban J connectivity index is 3.13. The lowest BCUT2D eigenvalue weighted by Gasteiger charge is -2.32. The fourth-order valence-corrected chi connectivity index (χ4v) is 2.80. The summed E-state index contributed by atoms with van der Waals surface area (Å²) in [5.74, 6) is -0.705. The number of rotatable bonds is 6. The van der Waals surface area contributed by atoms with E-state index in [4.69, 9.17) is 9.47 Å². The van der Waals surface area contributed by atoms with E-state index in [0.29, 0.717) is 18.5 Å². The van der Waals surface area contributed by atoms with Crippen molar-refractivity contribution in [1.82, 2.24) is 0 Å². The summed E-state index contributed by atoms with van der Waals surface area (Å²) in [4.78, 5) is 0. The number of benzene rings is 1. The minimum absolute atomic E-state index is 0.601. The third-order valence-corrected chi connectivity index (χ3v) is 3.64. The average Bonchev–Trinajstić information content (AvgIpc) is 2.29. The maximum absolute atomic E-state index is 5.79. The van der Waals surface area contributed by atoms with Crippen molar-refractivity contribution in [1.29, 1.82) is 0 Å². The van der Waals surface area contributed by atoms with E-state index >= 15 is 0 Å². The summed E-state index contributed by atoms with van der Waals surface area (Å²) in [5, 5.41) is 0.601. The molecule has 1 aromatic rings. The second-order valence-corrected chi connectivity index (χ2v) is 4.65. The van der Waals surface area contributed by atoms with Crippen molar-refractivity contribution in [3.63, 3.8) is 0 Å². The van der Waals surface area contributed by atoms with E-state index in [9.17, 15) is 0 Å². The van der Waals surface area contributed by atoms with Crippen LogP contribution in [0, 0.1) is 0 Å². The van der Waals surface area contributed by atoms with Crippen LogP contribution in [0.3, 0.4) is 0 Å². The first-order valence-electron chi connectivity index (χ1n) is 5.29. The highest BCUT2D eigenvalue weighted by Gasteiger charge is 2.34. The van der Waals surface area contributed by atoms with E-state index < -0.39 is 5.79 Å². The Labute approximate surface area is 114 Å². The lowest BCUT2D eigenvalue weighted by Crippen LogP contribution is -2.35. The molecule has 90 valence electrons. The molecular formula is C12H16Br2O2. The van der Waals surface area contributed by atoms with Gasteiger partial charge in [0, 0.05) is 23.2 Å². The molecule has 1 aromatic carbocycles. The van der Waals surface area contributed by atoms with E-state index in [1.165, 1.54) is 0 Å². The molecule has 0 aliphatic carbocycles. The Hall–Kier alpha value is 0.100. The number of hydrogen-bond donors (Lipinski definition) is 0. The molecule has 0 aromatic heterocycles. The Bertz CT molecular complexity index is 323. The summed E-state index contributed by atoms with van der Waals surface area (Å²) in [6.07, 6.45) is 0. The second kappa shape index (κ2) is 6.74. The van der Waals surface area contributed by atoms with Crippen LogP contribution in [0.25, 0.3) is 0 Å². The summed E-state index contributed by atoms with van der Waals surface area (Å²) in [6.45, 7) is 5.14. The molecule has 0 saturated heterocycles. The van der Waals surface area contributed by atoms with Crippen LogP contribution >= 0.6 is 31.9 Å². The van der Waals surface area contributed by atoms with Gasteiger partial charge < -0.3 is 9.47 Å². The van der Waals surface area contributed by atoms with Crippen molar-refractivity contribution in [2.75, 3.05) is 18.5 Å². The molecule has 2 nitrogen and oxygen atoms in total. The van der Waals surface area contributed by atoms with Gasteiger partial charge in [-0.25, -0.2) is 0 Å². The minimum atomic E-state index is -0.705. The van der Waals surface area contributed by atoms with Crippen LogP contribution in [0.4, 0.5) is 0 Å². The van der Waals surface area contributed by atoms with Gasteiger partial charge in [0.05, 0.1) is 5.33 Å². The van der Waals surface area contributed by atoms with Crippen LogP contribution in [0.15, 0.2) is 28.7 Å². The average molecular weight is 352 g/mol. The fraction of sp³-hybridized carbons (Fsp3) is 0.500. The Morgan fingerprint density at radius 1 is 1.12 bits per heavy atom. The first-order chi connectivity index (χ1) is 7.70. The van der Waals surface area contributed by atoms with Gasteiger partial charge >= 0.3 is 0 Å². The van der Waals surface area contributed by atoms with Crippen LogP contribution < -0.4 is 0 Å². The summed E-state index contributed by atoms with van der Waals surface area (Å²) in [5.41, 5.74) is 1.01. The molecule has 1 rings (SSSR count). The standard InChI is InChI=1S/C12H16Br2O2/c1-3-15-12(9-13,16-4-2)10-7-5-6-8-11(10)14/h5-8H,3-4,9H2,1-2H3. The van der Waals surface area contributed by atoms with Crippen LogP contribution in [0.2, 0.25) is 0 Å². The zero-order valence-corrected chi connectivity index (χ0v) is 12.7. The lowest BCUT2D eigenvalue weighted by molar-refractivity contribution is -0.225. The van der Waals surface area contributed by atoms with Crippen molar-refractivity contribution in [3.05, 3.63) is 34.3 Å². The van der Waals surface area contributed by atoms with Gasteiger partial charge in [0.1, 0.15) is 0 Å². The molecule has 0 N–H and O–H groups in total. The normalized spacial score (nSPS) is 11.8. The first-order valence-corrected chi connectivity index (χ1v) is 7.20. The predicted molar refractivity (Wildman–Crippen MR) is 72.9 cm³/mol. The molecule has 0 bridgehead atoms. The molecule has 0 aliphatic heterocycles. The van der Waals surface area contributed by atoms with Crippen LogP contribution in [-0.4, -0.2) is 18.5 Å². The van der Waals surface area contributed by atoms with Crippen molar-refractivity contribution in [3.8, 4) is 0 Å². The maximum Gasteiger partial charge on any atom is 0.205 e. The zero-order chi connectivity index (χ0) is 12.0. The van der Waals surface area contributed by atoms with E-state index in [0.717, 1.165) is 10.0 Å². The summed E-state index contributed by atoms with van der Waals surface area (Å²) in [7, 11) is 0. The Morgan fingerprint density at radius 2 is 1.69 bits per heavy atom. The van der Waals surface area contributed by atoms with E-state index in [-0.39, 0.29) is 0 Å².